The van der Waals surface area contributed by atoms with Crippen molar-refractivity contribution in [1.82, 2.24) is 0 Å². The van der Waals surface area contributed by atoms with Crippen molar-refractivity contribution in [3.05, 3.63) is 12.3 Å². The molecule has 0 aliphatic rings. The van der Waals surface area contributed by atoms with E-state index in [4.69, 9.17) is 13.3 Å². The fourth-order valence-corrected chi connectivity index (χ4v) is 8.69. The smallest absolute Gasteiger partial charge is 0.363 e. The van der Waals surface area contributed by atoms with E-state index in [9.17, 15) is 0 Å². The summed E-state index contributed by atoms with van der Waals surface area (Å²) in [6.45, 7) is 8.07. The van der Waals surface area contributed by atoms with Crippen LogP contribution in [-0.2, 0) is 13.3 Å². The minimum atomic E-state index is -2.17. The quantitative estimate of drug-likeness (QED) is 0.639. The van der Waals surface area contributed by atoms with Gasteiger partial charge in [-0.05, 0) is 18.8 Å². The van der Waals surface area contributed by atoms with Crippen LogP contribution in [0.1, 0.15) is 0 Å². The van der Waals surface area contributed by atoms with Crippen LogP contribution in [0.3, 0.4) is 0 Å². The molecular formula is C8H20O3Si2. The van der Waals surface area contributed by atoms with Gasteiger partial charge in [0.1, 0.15) is 0 Å². The molecule has 0 aliphatic heterocycles. The average molecular weight is 220 g/mol. The summed E-state index contributed by atoms with van der Waals surface area (Å²) in [4.78, 5) is 0. The maximum absolute atomic E-state index is 5.46. The van der Waals surface area contributed by atoms with Gasteiger partial charge in [0.15, 0.2) is 8.32 Å². The van der Waals surface area contributed by atoms with E-state index in [-0.39, 0.29) is 0 Å². The van der Waals surface area contributed by atoms with Crippen LogP contribution in [0.15, 0.2) is 12.3 Å². The highest BCUT2D eigenvalue weighted by Crippen LogP contribution is 2.21. The molecule has 13 heavy (non-hydrogen) atoms. The van der Waals surface area contributed by atoms with Crippen molar-refractivity contribution in [3.8, 4) is 0 Å². The van der Waals surface area contributed by atoms with Gasteiger partial charge in [-0.3, -0.25) is 0 Å². The predicted octanol–water partition coefficient (Wildman–Crippen LogP) is 1.84. The van der Waals surface area contributed by atoms with E-state index in [2.05, 4.69) is 19.7 Å². The van der Waals surface area contributed by atoms with E-state index >= 15 is 0 Å². The van der Waals surface area contributed by atoms with Crippen molar-refractivity contribution in [2.75, 3.05) is 21.3 Å². The summed E-state index contributed by atoms with van der Waals surface area (Å²) in [6, 6.07) is 0. The van der Waals surface area contributed by atoms with Gasteiger partial charge in [-0.2, -0.15) is 0 Å². The van der Waals surface area contributed by atoms with Crippen molar-refractivity contribution in [2.45, 2.75) is 18.8 Å². The molecule has 0 rings (SSSR count). The van der Waals surface area contributed by atoms with E-state index in [1.807, 2.05) is 5.70 Å². The first kappa shape index (κ1) is 13.1. The lowest BCUT2D eigenvalue weighted by atomic mass is 11.3. The van der Waals surface area contributed by atoms with Crippen LogP contribution in [0.5, 0.6) is 0 Å². The molecule has 78 valence electrons. The Bertz CT molecular complexity index is 167. The fourth-order valence-electron chi connectivity index (χ4n) is 1.13. The standard InChI is InChI=1S/C8H20O3Si2/c1-7-13(10-3,11-4)8-12(5,6)9-2/h7H,1,8H2,2-6H3. The van der Waals surface area contributed by atoms with Crippen LogP contribution in [0, 0.1) is 0 Å². The van der Waals surface area contributed by atoms with E-state index < -0.39 is 16.9 Å². The zero-order chi connectivity index (χ0) is 10.5. The molecule has 0 saturated heterocycles. The Balaban J connectivity index is 4.50. The highest BCUT2D eigenvalue weighted by Gasteiger charge is 2.40. The van der Waals surface area contributed by atoms with Gasteiger partial charge < -0.3 is 13.3 Å². The molecular weight excluding hydrogens is 200 g/mol. The van der Waals surface area contributed by atoms with Crippen LogP contribution in [-0.4, -0.2) is 38.2 Å². The zero-order valence-electron chi connectivity index (χ0n) is 9.22. The van der Waals surface area contributed by atoms with Gasteiger partial charge in [-0.15, -0.1) is 6.58 Å². The number of hydrogen-bond donors (Lipinski definition) is 0. The molecule has 0 heterocycles. The van der Waals surface area contributed by atoms with Crippen molar-refractivity contribution in [1.29, 1.82) is 0 Å². The van der Waals surface area contributed by atoms with E-state index in [1.54, 1.807) is 21.3 Å². The molecule has 0 radical (unpaired) electrons. The highest BCUT2D eigenvalue weighted by molar-refractivity contribution is 6.90. The molecule has 0 unspecified atom stereocenters. The van der Waals surface area contributed by atoms with E-state index in [1.165, 1.54) is 0 Å². The van der Waals surface area contributed by atoms with Crippen LogP contribution in [0.25, 0.3) is 0 Å². The number of hydrogen-bond acceptors (Lipinski definition) is 3. The second kappa shape index (κ2) is 5.06. The van der Waals surface area contributed by atoms with E-state index in [0.29, 0.717) is 0 Å². The highest BCUT2D eigenvalue weighted by atomic mass is 28.4. The van der Waals surface area contributed by atoms with Gasteiger partial charge in [0.2, 0.25) is 0 Å². The maximum Gasteiger partial charge on any atom is 0.363 e. The minimum Gasteiger partial charge on any atom is -0.421 e. The third-order valence-electron chi connectivity index (χ3n) is 2.23. The summed E-state index contributed by atoms with van der Waals surface area (Å²) in [5.74, 6) is 0. The van der Waals surface area contributed by atoms with Gasteiger partial charge >= 0.3 is 8.56 Å². The van der Waals surface area contributed by atoms with Crippen LogP contribution < -0.4 is 0 Å². The Morgan fingerprint density at radius 3 is 1.77 bits per heavy atom. The molecule has 0 N–H and O–H groups in total. The molecule has 3 nitrogen and oxygen atoms in total. The topological polar surface area (TPSA) is 27.7 Å². The normalized spacial score (nSPS) is 13.0. The number of rotatable bonds is 6. The molecule has 0 saturated carbocycles. The SMILES string of the molecule is C=C[Si](C[Si](C)(C)OC)(OC)OC. The van der Waals surface area contributed by atoms with Gasteiger partial charge in [0.05, 0.1) is 0 Å². The molecule has 0 aromatic heterocycles. The first-order valence-corrected chi connectivity index (χ1v) is 9.46. The summed E-state index contributed by atoms with van der Waals surface area (Å²) < 4.78 is 16.3. The van der Waals surface area contributed by atoms with Gasteiger partial charge in [0, 0.05) is 27.0 Å². The van der Waals surface area contributed by atoms with Crippen LogP contribution in [0.2, 0.25) is 18.8 Å². The average Bonchev–Trinajstić information content (AvgIpc) is 2.14. The third-order valence-corrected chi connectivity index (χ3v) is 10.7. The van der Waals surface area contributed by atoms with Crippen LogP contribution >= 0.6 is 0 Å². The lowest BCUT2D eigenvalue weighted by Crippen LogP contribution is -2.47. The molecule has 0 aromatic rings. The molecule has 0 bridgehead atoms. The summed E-state index contributed by atoms with van der Waals surface area (Å²) in [7, 11) is 1.30. The lowest BCUT2D eigenvalue weighted by Gasteiger charge is -2.30. The second-order valence-electron chi connectivity index (χ2n) is 3.56. The van der Waals surface area contributed by atoms with Crippen molar-refractivity contribution < 1.29 is 13.3 Å². The molecule has 0 spiro atoms. The van der Waals surface area contributed by atoms with E-state index in [0.717, 1.165) is 5.67 Å². The molecule has 0 amide bonds. The zero-order valence-corrected chi connectivity index (χ0v) is 11.2. The molecule has 0 aliphatic carbocycles. The molecule has 5 heteroatoms. The van der Waals surface area contributed by atoms with Gasteiger partial charge in [0.25, 0.3) is 0 Å². The van der Waals surface area contributed by atoms with Gasteiger partial charge in [-0.25, -0.2) is 0 Å². The van der Waals surface area contributed by atoms with Crippen molar-refractivity contribution in [2.24, 2.45) is 0 Å². The summed E-state index contributed by atoms with van der Waals surface area (Å²) in [6.07, 6.45) is 0. The largest absolute Gasteiger partial charge is 0.421 e. The monoisotopic (exact) mass is 220 g/mol. The Morgan fingerprint density at radius 2 is 1.54 bits per heavy atom. The summed E-state index contributed by atoms with van der Waals surface area (Å²) in [5.41, 5.74) is 2.70. The van der Waals surface area contributed by atoms with Crippen LogP contribution in [0.4, 0.5) is 0 Å². The lowest BCUT2D eigenvalue weighted by molar-refractivity contribution is 0.258. The first-order valence-electron chi connectivity index (χ1n) is 4.24. The third kappa shape index (κ3) is 3.74. The first-order chi connectivity index (χ1) is 5.95. The Hall–Kier alpha value is 0.0538. The maximum atomic E-state index is 5.46. The molecule has 0 aromatic carbocycles. The second-order valence-corrected chi connectivity index (χ2v) is 11.8. The Kier molecular flexibility index (Phi) is 5.09. The van der Waals surface area contributed by atoms with Crippen molar-refractivity contribution in [3.63, 3.8) is 0 Å². The minimum absolute atomic E-state index is 0.882. The van der Waals surface area contributed by atoms with Crippen molar-refractivity contribution >= 4 is 16.9 Å². The molecule has 0 fully saturated rings. The van der Waals surface area contributed by atoms with Gasteiger partial charge in [-0.1, -0.05) is 0 Å². The fraction of sp³-hybridized carbons (Fsp3) is 0.750. The Morgan fingerprint density at radius 1 is 1.08 bits per heavy atom. The summed E-state index contributed by atoms with van der Waals surface area (Å²) in [5, 5.41) is 0. The molecule has 0 atom stereocenters. The Labute approximate surface area is 83.1 Å². The predicted molar refractivity (Wildman–Crippen MR) is 59.3 cm³/mol. The summed E-state index contributed by atoms with van der Waals surface area (Å²) >= 11 is 0.